The minimum Gasteiger partial charge on any atom is -0.385 e. The van der Waals surface area contributed by atoms with E-state index in [1.165, 1.54) is 5.56 Å². The number of methoxy groups -OCH3 is 1. The fraction of sp³-hybridized carbons (Fsp3) is 0.412. The molecule has 0 aliphatic heterocycles. The molecule has 1 heterocycles. The van der Waals surface area contributed by atoms with E-state index in [1.807, 2.05) is 29.1 Å². The Hall–Kier alpha value is -2.34. The molecule has 0 radical (unpaired) electrons. The molecule has 0 saturated carbocycles. The van der Waals surface area contributed by atoms with Crippen LogP contribution < -0.4 is 10.6 Å². The number of benzene rings is 1. The van der Waals surface area contributed by atoms with Crippen molar-refractivity contribution in [2.45, 2.75) is 19.5 Å². The van der Waals surface area contributed by atoms with E-state index in [9.17, 15) is 0 Å². The summed E-state index contributed by atoms with van der Waals surface area (Å²) in [5.74, 6) is 0.789. The van der Waals surface area contributed by atoms with Gasteiger partial charge in [0.1, 0.15) is 0 Å². The van der Waals surface area contributed by atoms with Gasteiger partial charge < -0.3 is 15.4 Å². The molecule has 0 saturated heterocycles. The molecule has 0 spiro atoms. The highest BCUT2D eigenvalue weighted by Gasteiger charge is 2.02. The van der Waals surface area contributed by atoms with E-state index in [2.05, 4.69) is 39.1 Å². The van der Waals surface area contributed by atoms with Crippen LogP contribution in [-0.4, -0.2) is 43.0 Å². The number of hydrogen-bond acceptors (Lipinski definition) is 3. The molecule has 2 aromatic rings. The average molecular weight is 315 g/mol. The highest BCUT2D eigenvalue weighted by molar-refractivity contribution is 5.79. The molecular formula is C17H25N5O. The monoisotopic (exact) mass is 315 g/mol. The number of nitrogens with zero attached hydrogens (tertiary/aromatic N) is 3. The molecule has 1 aromatic heterocycles. The van der Waals surface area contributed by atoms with Crippen LogP contribution in [0.1, 0.15) is 17.5 Å². The van der Waals surface area contributed by atoms with E-state index in [4.69, 9.17) is 4.74 Å². The molecule has 0 aliphatic rings. The molecule has 6 nitrogen and oxygen atoms in total. The van der Waals surface area contributed by atoms with Gasteiger partial charge in [0.05, 0.1) is 12.7 Å². The minimum absolute atomic E-state index is 0.693. The Kier molecular flexibility index (Phi) is 7.13. The summed E-state index contributed by atoms with van der Waals surface area (Å²) in [7, 11) is 3.48. The van der Waals surface area contributed by atoms with E-state index in [-0.39, 0.29) is 0 Å². The second kappa shape index (κ2) is 9.63. The lowest BCUT2D eigenvalue weighted by atomic mass is 10.2. The number of aliphatic imine (C=N–C) groups is 1. The zero-order chi connectivity index (χ0) is 16.3. The molecule has 0 atom stereocenters. The maximum absolute atomic E-state index is 5.03. The van der Waals surface area contributed by atoms with Crippen molar-refractivity contribution in [1.82, 2.24) is 20.4 Å². The SMILES string of the molecule is CN=C(NCCCOC)NCc1cnn(Cc2ccccc2)c1. The van der Waals surface area contributed by atoms with Gasteiger partial charge in [0.15, 0.2) is 5.96 Å². The van der Waals surface area contributed by atoms with Gasteiger partial charge in [-0.15, -0.1) is 0 Å². The van der Waals surface area contributed by atoms with Gasteiger partial charge in [-0.3, -0.25) is 9.67 Å². The van der Waals surface area contributed by atoms with Gasteiger partial charge in [0.2, 0.25) is 0 Å². The molecule has 1 aromatic carbocycles. The predicted molar refractivity (Wildman–Crippen MR) is 92.5 cm³/mol. The third kappa shape index (κ3) is 6.12. The number of aromatic nitrogens is 2. The molecule has 0 aliphatic carbocycles. The second-order valence-corrected chi connectivity index (χ2v) is 5.23. The summed E-state index contributed by atoms with van der Waals surface area (Å²) in [6.07, 6.45) is 4.89. The summed E-state index contributed by atoms with van der Waals surface area (Å²) in [5, 5.41) is 10.9. The largest absolute Gasteiger partial charge is 0.385 e. The fourth-order valence-corrected chi connectivity index (χ4v) is 2.18. The summed E-state index contributed by atoms with van der Waals surface area (Å²) >= 11 is 0. The van der Waals surface area contributed by atoms with Crippen molar-refractivity contribution < 1.29 is 4.74 Å². The van der Waals surface area contributed by atoms with Crippen LogP contribution in [0, 0.1) is 0 Å². The van der Waals surface area contributed by atoms with E-state index < -0.39 is 0 Å². The van der Waals surface area contributed by atoms with Crippen LogP contribution in [0.3, 0.4) is 0 Å². The standard InChI is InChI=1S/C17H25N5O/c1-18-17(19-9-6-10-23-2)20-11-16-12-21-22(14-16)13-15-7-4-3-5-8-15/h3-5,7-8,12,14H,6,9-11,13H2,1-2H3,(H2,18,19,20). The molecule has 2 N–H and O–H groups in total. The van der Waals surface area contributed by atoms with Gasteiger partial charge in [-0.1, -0.05) is 30.3 Å². The molecule has 2 rings (SSSR count). The Labute approximate surface area is 137 Å². The normalized spacial score (nSPS) is 11.5. The van der Waals surface area contributed by atoms with Crippen LogP contribution >= 0.6 is 0 Å². The summed E-state index contributed by atoms with van der Waals surface area (Å²) in [6.45, 7) is 3.06. The van der Waals surface area contributed by atoms with Crippen molar-refractivity contribution in [1.29, 1.82) is 0 Å². The van der Waals surface area contributed by atoms with Gasteiger partial charge >= 0.3 is 0 Å². The first-order valence-corrected chi connectivity index (χ1v) is 7.80. The Morgan fingerprint density at radius 1 is 1.22 bits per heavy atom. The van der Waals surface area contributed by atoms with Gasteiger partial charge in [0.25, 0.3) is 0 Å². The summed E-state index contributed by atoms with van der Waals surface area (Å²) in [5.41, 5.74) is 2.37. The van der Waals surface area contributed by atoms with E-state index in [0.29, 0.717) is 6.54 Å². The first kappa shape index (κ1) is 17.0. The maximum atomic E-state index is 5.03. The highest BCUT2D eigenvalue weighted by atomic mass is 16.5. The molecule has 0 bridgehead atoms. The van der Waals surface area contributed by atoms with Crippen LogP contribution in [0.15, 0.2) is 47.7 Å². The summed E-state index contributed by atoms with van der Waals surface area (Å²) in [4.78, 5) is 4.20. The molecule has 6 heteroatoms. The smallest absolute Gasteiger partial charge is 0.191 e. The average Bonchev–Trinajstić information content (AvgIpc) is 3.02. The Bertz CT molecular complexity index is 594. The Morgan fingerprint density at radius 2 is 2.04 bits per heavy atom. The number of nitrogens with one attached hydrogen (secondary N) is 2. The highest BCUT2D eigenvalue weighted by Crippen LogP contribution is 2.03. The van der Waals surface area contributed by atoms with E-state index >= 15 is 0 Å². The van der Waals surface area contributed by atoms with Gasteiger partial charge in [-0.25, -0.2) is 0 Å². The maximum Gasteiger partial charge on any atom is 0.191 e. The summed E-state index contributed by atoms with van der Waals surface area (Å²) in [6, 6.07) is 10.3. The van der Waals surface area contributed by atoms with Gasteiger partial charge in [-0.2, -0.15) is 5.10 Å². The number of ether oxygens (including phenoxy) is 1. The van der Waals surface area contributed by atoms with Crippen LogP contribution in [0.5, 0.6) is 0 Å². The van der Waals surface area contributed by atoms with Crippen molar-refractivity contribution in [3.8, 4) is 0 Å². The molecule has 0 fully saturated rings. The van der Waals surface area contributed by atoms with Crippen molar-refractivity contribution in [2.24, 2.45) is 4.99 Å². The lowest BCUT2D eigenvalue weighted by molar-refractivity contribution is 0.195. The van der Waals surface area contributed by atoms with Crippen LogP contribution in [-0.2, 0) is 17.8 Å². The van der Waals surface area contributed by atoms with Crippen LogP contribution in [0.2, 0.25) is 0 Å². The van der Waals surface area contributed by atoms with Crippen LogP contribution in [0.25, 0.3) is 0 Å². The van der Waals surface area contributed by atoms with Crippen LogP contribution in [0.4, 0.5) is 0 Å². The number of rotatable bonds is 8. The van der Waals surface area contributed by atoms with E-state index in [0.717, 1.165) is 37.6 Å². The predicted octanol–water partition coefficient (Wildman–Crippen LogP) is 1.63. The number of hydrogen-bond donors (Lipinski definition) is 2. The zero-order valence-corrected chi connectivity index (χ0v) is 13.8. The fourth-order valence-electron chi connectivity index (χ4n) is 2.18. The minimum atomic E-state index is 0.693. The topological polar surface area (TPSA) is 63.5 Å². The Balaban J connectivity index is 1.77. The quantitative estimate of drug-likeness (QED) is 0.441. The van der Waals surface area contributed by atoms with E-state index in [1.54, 1.807) is 14.2 Å². The second-order valence-electron chi connectivity index (χ2n) is 5.23. The molecule has 0 unspecified atom stereocenters. The number of guanidine groups is 1. The lowest BCUT2D eigenvalue weighted by Crippen LogP contribution is -2.37. The summed E-state index contributed by atoms with van der Waals surface area (Å²) < 4.78 is 6.97. The van der Waals surface area contributed by atoms with Crippen molar-refractivity contribution in [3.63, 3.8) is 0 Å². The molecule has 124 valence electrons. The van der Waals surface area contributed by atoms with Gasteiger partial charge in [-0.05, 0) is 12.0 Å². The third-order valence-electron chi connectivity index (χ3n) is 3.38. The first-order chi connectivity index (χ1) is 11.3. The van der Waals surface area contributed by atoms with Crippen molar-refractivity contribution in [2.75, 3.05) is 27.3 Å². The van der Waals surface area contributed by atoms with Gasteiger partial charge in [0, 0.05) is 45.6 Å². The molecule has 23 heavy (non-hydrogen) atoms. The van der Waals surface area contributed by atoms with Crippen molar-refractivity contribution in [3.05, 3.63) is 53.9 Å². The third-order valence-corrected chi connectivity index (χ3v) is 3.38. The van der Waals surface area contributed by atoms with Crippen molar-refractivity contribution >= 4 is 5.96 Å². The Morgan fingerprint density at radius 3 is 2.78 bits per heavy atom. The molecule has 0 amide bonds. The zero-order valence-electron chi connectivity index (χ0n) is 13.8. The molecular weight excluding hydrogens is 290 g/mol. The first-order valence-electron chi connectivity index (χ1n) is 7.80. The lowest BCUT2D eigenvalue weighted by Gasteiger charge is -2.10.